The van der Waals surface area contributed by atoms with Crippen LogP contribution in [0, 0.1) is 0 Å². The highest BCUT2D eigenvalue weighted by molar-refractivity contribution is 5.76. The van der Waals surface area contributed by atoms with Crippen LogP contribution in [-0.2, 0) is 9.53 Å². The molecule has 0 aromatic carbocycles. The largest absolute Gasteiger partial charge is 0.465 e. The maximum Gasteiger partial charge on any atom is 0.324 e. The Kier molecular flexibility index (Phi) is 11.1. The summed E-state index contributed by atoms with van der Waals surface area (Å²) in [6.45, 7) is 12.4. The third kappa shape index (κ3) is 7.67. The number of nitrogens with zero attached hydrogens (tertiary/aromatic N) is 1. The Balaban J connectivity index is 4.37. The van der Waals surface area contributed by atoms with Crippen molar-refractivity contribution in [3.8, 4) is 0 Å². The van der Waals surface area contributed by atoms with E-state index in [2.05, 4.69) is 31.0 Å². The molecule has 1 N–H and O–H groups in total. The van der Waals surface area contributed by atoms with Crippen molar-refractivity contribution in [1.29, 1.82) is 0 Å². The quantitative estimate of drug-likeness (QED) is 0.576. The monoisotopic (exact) mass is 258 g/mol. The van der Waals surface area contributed by atoms with Crippen molar-refractivity contribution >= 4 is 5.97 Å². The summed E-state index contributed by atoms with van der Waals surface area (Å²) >= 11 is 0. The van der Waals surface area contributed by atoms with Crippen LogP contribution in [0.3, 0.4) is 0 Å². The average molecular weight is 258 g/mol. The molecule has 0 heterocycles. The van der Waals surface area contributed by atoms with Gasteiger partial charge in [-0.15, -0.1) is 0 Å². The molecule has 0 amide bonds. The van der Waals surface area contributed by atoms with Gasteiger partial charge in [0.1, 0.15) is 6.04 Å². The summed E-state index contributed by atoms with van der Waals surface area (Å²) in [7, 11) is 0. The van der Waals surface area contributed by atoms with Gasteiger partial charge in [-0.3, -0.25) is 4.79 Å². The Morgan fingerprint density at radius 2 is 1.72 bits per heavy atom. The number of carbonyl (C=O) groups is 1. The lowest BCUT2D eigenvalue weighted by molar-refractivity contribution is -0.146. The van der Waals surface area contributed by atoms with Crippen LogP contribution in [0.15, 0.2) is 0 Å². The molecule has 0 bridgehead atoms. The van der Waals surface area contributed by atoms with Gasteiger partial charge in [0.2, 0.25) is 0 Å². The van der Waals surface area contributed by atoms with Crippen molar-refractivity contribution in [2.75, 3.05) is 32.8 Å². The Bertz CT molecular complexity index is 204. The van der Waals surface area contributed by atoms with E-state index in [0.29, 0.717) is 6.61 Å². The summed E-state index contributed by atoms with van der Waals surface area (Å²) in [6, 6.07) is -0.192. The summed E-state index contributed by atoms with van der Waals surface area (Å²) in [5, 5.41) is 3.29. The van der Waals surface area contributed by atoms with Crippen LogP contribution in [0.4, 0.5) is 0 Å². The second-order valence-electron chi connectivity index (χ2n) is 4.56. The van der Waals surface area contributed by atoms with Crippen molar-refractivity contribution in [3.63, 3.8) is 0 Å². The highest BCUT2D eigenvalue weighted by Crippen LogP contribution is 2.00. The molecule has 0 fully saturated rings. The molecule has 4 nitrogen and oxygen atoms in total. The fourth-order valence-corrected chi connectivity index (χ4v) is 1.97. The predicted octanol–water partition coefficient (Wildman–Crippen LogP) is 2.04. The van der Waals surface area contributed by atoms with Crippen LogP contribution in [-0.4, -0.2) is 49.7 Å². The number of hydrogen-bond acceptors (Lipinski definition) is 4. The summed E-state index contributed by atoms with van der Waals surface area (Å²) in [5.74, 6) is -0.122. The zero-order valence-corrected chi connectivity index (χ0v) is 12.5. The summed E-state index contributed by atoms with van der Waals surface area (Å²) in [5.41, 5.74) is 0. The average Bonchev–Trinajstić information content (AvgIpc) is 2.35. The number of nitrogens with one attached hydrogen (secondary N) is 1. The first kappa shape index (κ1) is 17.4. The van der Waals surface area contributed by atoms with Crippen molar-refractivity contribution in [1.82, 2.24) is 10.2 Å². The fraction of sp³-hybridized carbons (Fsp3) is 0.929. The number of esters is 1. The first-order chi connectivity index (χ1) is 8.69. The molecule has 4 heteroatoms. The molecular weight excluding hydrogens is 228 g/mol. The molecule has 0 aliphatic carbocycles. The van der Waals surface area contributed by atoms with Crippen molar-refractivity contribution in [2.24, 2.45) is 0 Å². The summed E-state index contributed by atoms with van der Waals surface area (Å²) in [6.07, 6.45) is 3.25. The molecule has 0 aromatic rings. The third-order valence-electron chi connectivity index (χ3n) is 2.73. The van der Waals surface area contributed by atoms with Gasteiger partial charge in [-0.2, -0.15) is 0 Å². The zero-order valence-electron chi connectivity index (χ0n) is 12.5. The van der Waals surface area contributed by atoms with E-state index in [1.807, 2.05) is 6.92 Å². The van der Waals surface area contributed by atoms with E-state index >= 15 is 0 Å². The lowest BCUT2D eigenvalue weighted by Gasteiger charge is -2.26. The maximum atomic E-state index is 11.9. The van der Waals surface area contributed by atoms with Gasteiger partial charge >= 0.3 is 5.97 Å². The normalized spacial score (nSPS) is 12.7. The Morgan fingerprint density at radius 1 is 1.11 bits per heavy atom. The number of rotatable bonds is 11. The molecule has 18 heavy (non-hydrogen) atoms. The van der Waals surface area contributed by atoms with Crippen molar-refractivity contribution in [3.05, 3.63) is 0 Å². The topological polar surface area (TPSA) is 41.6 Å². The molecule has 108 valence electrons. The SMILES string of the molecule is CCCNC(CN(CCC)CCC)C(=O)OCC. The van der Waals surface area contributed by atoms with Crippen LogP contribution in [0.2, 0.25) is 0 Å². The molecule has 0 saturated carbocycles. The summed E-state index contributed by atoms with van der Waals surface area (Å²) in [4.78, 5) is 14.2. The van der Waals surface area contributed by atoms with E-state index in [1.54, 1.807) is 0 Å². The van der Waals surface area contributed by atoms with Crippen LogP contribution in [0.1, 0.15) is 47.0 Å². The minimum Gasteiger partial charge on any atom is -0.465 e. The van der Waals surface area contributed by atoms with Gasteiger partial charge in [-0.1, -0.05) is 20.8 Å². The highest BCUT2D eigenvalue weighted by Gasteiger charge is 2.21. The number of hydrogen-bond donors (Lipinski definition) is 1. The first-order valence-electron chi connectivity index (χ1n) is 7.31. The second kappa shape index (κ2) is 11.5. The van der Waals surface area contributed by atoms with Crippen LogP contribution in [0.25, 0.3) is 0 Å². The zero-order chi connectivity index (χ0) is 13.8. The highest BCUT2D eigenvalue weighted by atomic mass is 16.5. The molecule has 0 radical (unpaired) electrons. The van der Waals surface area contributed by atoms with E-state index in [1.165, 1.54) is 0 Å². The third-order valence-corrected chi connectivity index (χ3v) is 2.73. The van der Waals surface area contributed by atoms with Crippen LogP contribution in [0.5, 0.6) is 0 Å². The molecule has 0 aliphatic rings. The van der Waals surface area contributed by atoms with Crippen molar-refractivity contribution in [2.45, 2.75) is 53.0 Å². The molecular formula is C14H30N2O2. The van der Waals surface area contributed by atoms with Gasteiger partial charge in [0, 0.05) is 6.54 Å². The Labute approximate surface area is 112 Å². The van der Waals surface area contributed by atoms with Crippen LogP contribution >= 0.6 is 0 Å². The van der Waals surface area contributed by atoms with Gasteiger partial charge in [0.05, 0.1) is 6.61 Å². The molecule has 0 spiro atoms. The maximum absolute atomic E-state index is 11.9. The lowest BCUT2D eigenvalue weighted by Crippen LogP contribution is -2.47. The van der Waals surface area contributed by atoms with E-state index in [4.69, 9.17) is 4.74 Å². The second-order valence-corrected chi connectivity index (χ2v) is 4.56. The van der Waals surface area contributed by atoms with E-state index < -0.39 is 0 Å². The molecule has 1 unspecified atom stereocenters. The number of ether oxygens (including phenoxy) is 1. The first-order valence-corrected chi connectivity index (χ1v) is 7.31. The molecule has 0 aliphatic heterocycles. The standard InChI is InChI=1S/C14H30N2O2/c1-5-9-15-13(14(17)18-8-4)12-16(10-6-2)11-7-3/h13,15H,5-12H2,1-4H3. The van der Waals surface area contributed by atoms with E-state index in [-0.39, 0.29) is 12.0 Å². The minimum atomic E-state index is -0.192. The Hall–Kier alpha value is -0.610. The molecule has 0 rings (SSSR count). The number of carbonyl (C=O) groups excluding carboxylic acids is 1. The minimum absolute atomic E-state index is 0.122. The molecule has 0 aromatic heterocycles. The smallest absolute Gasteiger partial charge is 0.324 e. The molecule has 0 saturated heterocycles. The molecule has 1 atom stereocenters. The summed E-state index contributed by atoms with van der Waals surface area (Å²) < 4.78 is 5.13. The van der Waals surface area contributed by atoms with Gasteiger partial charge in [0.25, 0.3) is 0 Å². The van der Waals surface area contributed by atoms with Gasteiger partial charge < -0.3 is 15.0 Å². The van der Waals surface area contributed by atoms with Gasteiger partial charge in [-0.05, 0) is 45.8 Å². The Morgan fingerprint density at radius 3 is 2.17 bits per heavy atom. The predicted molar refractivity (Wildman–Crippen MR) is 75.7 cm³/mol. The van der Waals surface area contributed by atoms with Gasteiger partial charge in [-0.25, -0.2) is 0 Å². The van der Waals surface area contributed by atoms with Crippen molar-refractivity contribution < 1.29 is 9.53 Å². The van der Waals surface area contributed by atoms with E-state index in [0.717, 1.165) is 45.4 Å². The fourth-order valence-electron chi connectivity index (χ4n) is 1.97. The van der Waals surface area contributed by atoms with Gasteiger partial charge in [0.15, 0.2) is 0 Å². The van der Waals surface area contributed by atoms with Crippen LogP contribution < -0.4 is 5.32 Å². The van der Waals surface area contributed by atoms with E-state index in [9.17, 15) is 4.79 Å². The lowest BCUT2D eigenvalue weighted by atomic mass is 10.2.